The predicted octanol–water partition coefficient (Wildman–Crippen LogP) is 2.07. The summed E-state index contributed by atoms with van der Waals surface area (Å²) in [5, 5.41) is 3.19. The van der Waals surface area contributed by atoms with E-state index in [1.54, 1.807) is 24.3 Å². The van der Waals surface area contributed by atoms with E-state index in [1.807, 2.05) is 6.08 Å². The SMILES string of the molecule is Cl.O=S(=O)(NCC1=CCNCC1)c1cccc(Br)c1. The smallest absolute Gasteiger partial charge is 0.240 e. The van der Waals surface area contributed by atoms with Gasteiger partial charge < -0.3 is 5.32 Å². The van der Waals surface area contributed by atoms with Crippen molar-refractivity contribution in [3.8, 4) is 0 Å². The van der Waals surface area contributed by atoms with Gasteiger partial charge in [0.25, 0.3) is 0 Å². The van der Waals surface area contributed by atoms with Crippen molar-refractivity contribution < 1.29 is 8.42 Å². The summed E-state index contributed by atoms with van der Waals surface area (Å²) in [6.07, 6.45) is 2.92. The number of benzene rings is 1. The number of hydrogen-bond donors (Lipinski definition) is 2. The maximum Gasteiger partial charge on any atom is 0.240 e. The molecule has 0 bridgehead atoms. The molecule has 1 aliphatic heterocycles. The van der Waals surface area contributed by atoms with Crippen molar-refractivity contribution in [3.05, 3.63) is 40.4 Å². The van der Waals surface area contributed by atoms with Crippen molar-refractivity contribution in [2.75, 3.05) is 19.6 Å². The highest BCUT2D eigenvalue weighted by Gasteiger charge is 2.14. The largest absolute Gasteiger partial charge is 0.313 e. The molecule has 19 heavy (non-hydrogen) atoms. The second kappa shape index (κ2) is 7.40. The van der Waals surface area contributed by atoms with E-state index < -0.39 is 10.0 Å². The maximum absolute atomic E-state index is 12.1. The number of nitrogens with one attached hydrogen (secondary N) is 2. The number of rotatable bonds is 4. The van der Waals surface area contributed by atoms with Gasteiger partial charge in [0.2, 0.25) is 10.0 Å². The first-order valence-corrected chi connectivity index (χ1v) is 7.99. The zero-order chi connectivity index (χ0) is 13.0. The van der Waals surface area contributed by atoms with Gasteiger partial charge in [-0.2, -0.15) is 0 Å². The minimum atomic E-state index is -3.42. The van der Waals surface area contributed by atoms with Crippen LogP contribution in [0.2, 0.25) is 0 Å². The lowest BCUT2D eigenvalue weighted by atomic mass is 10.1. The van der Waals surface area contributed by atoms with E-state index >= 15 is 0 Å². The van der Waals surface area contributed by atoms with Crippen molar-refractivity contribution in [2.45, 2.75) is 11.3 Å². The van der Waals surface area contributed by atoms with E-state index in [-0.39, 0.29) is 17.3 Å². The van der Waals surface area contributed by atoms with E-state index in [1.165, 1.54) is 0 Å². The van der Waals surface area contributed by atoms with Gasteiger partial charge in [-0.25, -0.2) is 13.1 Å². The molecule has 0 spiro atoms. The quantitative estimate of drug-likeness (QED) is 0.801. The van der Waals surface area contributed by atoms with Gasteiger partial charge in [-0.1, -0.05) is 33.6 Å². The maximum atomic E-state index is 12.1. The highest BCUT2D eigenvalue weighted by Crippen LogP contribution is 2.16. The lowest BCUT2D eigenvalue weighted by Crippen LogP contribution is -2.29. The average Bonchev–Trinajstić information content (AvgIpc) is 2.38. The topological polar surface area (TPSA) is 58.2 Å². The Kier molecular flexibility index (Phi) is 6.49. The van der Waals surface area contributed by atoms with Gasteiger partial charge in [0.05, 0.1) is 4.90 Å². The number of hydrogen-bond acceptors (Lipinski definition) is 3. The Morgan fingerprint density at radius 3 is 2.79 bits per heavy atom. The van der Waals surface area contributed by atoms with Crippen molar-refractivity contribution in [1.82, 2.24) is 10.0 Å². The van der Waals surface area contributed by atoms with E-state index in [0.717, 1.165) is 29.6 Å². The molecular weight excluding hydrogens is 352 g/mol. The Bertz CT molecular complexity index is 561. The first kappa shape index (κ1) is 16.7. The lowest BCUT2D eigenvalue weighted by molar-refractivity contribution is 0.582. The fourth-order valence-corrected chi connectivity index (χ4v) is 3.37. The summed E-state index contributed by atoms with van der Waals surface area (Å²) in [5.74, 6) is 0. The van der Waals surface area contributed by atoms with Crippen LogP contribution in [-0.2, 0) is 10.0 Å². The summed E-state index contributed by atoms with van der Waals surface area (Å²) in [6.45, 7) is 2.11. The molecule has 2 rings (SSSR count). The van der Waals surface area contributed by atoms with E-state index in [9.17, 15) is 8.42 Å². The van der Waals surface area contributed by atoms with Crippen molar-refractivity contribution in [2.24, 2.45) is 0 Å². The number of sulfonamides is 1. The summed E-state index contributed by atoms with van der Waals surface area (Å²) in [5.41, 5.74) is 1.13. The molecular formula is C12H16BrClN2O2S. The second-order valence-corrected chi connectivity index (χ2v) is 6.78. The monoisotopic (exact) mass is 366 g/mol. The van der Waals surface area contributed by atoms with Crippen LogP contribution >= 0.6 is 28.3 Å². The van der Waals surface area contributed by atoms with Gasteiger partial charge in [0.15, 0.2) is 0 Å². The standard InChI is InChI=1S/C12H15BrN2O2S.ClH/c13-11-2-1-3-12(8-11)18(16,17)15-9-10-4-6-14-7-5-10;/h1-4,8,14-15H,5-7,9H2;1H. The Hall–Kier alpha value is -0.400. The van der Waals surface area contributed by atoms with E-state index in [2.05, 4.69) is 26.0 Å². The first-order valence-electron chi connectivity index (χ1n) is 5.72. The van der Waals surface area contributed by atoms with Crippen LogP contribution in [-0.4, -0.2) is 28.1 Å². The Morgan fingerprint density at radius 2 is 2.16 bits per heavy atom. The van der Waals surface area contributed by atoms with Crippen LogP contribution in [0.5, 0.6) is 0 Å². The van der Waals surface area contributed by atoms with Crippen LogP contribution in [0, 0.1) is 0 Å². The van der Waals surface area contributed by atoms with Crippen LogP contribution in [0.25, 0.3) is 0 Å². The van der Waals surface area contributed by atoms with Gasteiger partial charge >= 0.3 is 0 Å². The molecule has 106 valence electrons. The molecule has 0 saturated carbocycles. The molecule has 0 aliphatic carbocycles. The molecule has 2 N–H and O–H groups in total. The van der Waals surface area contributed by atoms with Gasteiger partial charge in [-0.05, 0) is 31.2 Å². The van der Waals surface area contributed by atoms with Crippen LogP contribution < -0.4 is 10.0 Å². The molecule has 1 heterocycles. The Labute approximate surface area is 128 Å². The van der Waals surface area contributed by atoms with E-state index in [0.29, 0.717) is 6.54 Å². The summed E-state index contributed by atoms with van der Waals surface area (Å²) >= 11 is 3.27. The fraction of sp³-hybridized carbons (Fsp3) is 0.333. The van der Waals surface area contributed by atoms with Crippen LogP contribution in [0.15, 0.2) is 45.3 Å². The summed E-state index contributed by atoms with van der Waals surface area (Å²) in [7, 11) is -3.42. The van der Waals surface area contributed by atoms with E-state index in [4.69, 9.17) is 0 Å². The molecule has 0 amide bonds. The normalized spacial score (nSPS) is 15.5. The molecule has 0 fully saturated rings. The van der Waals surface area contributed by atoms with Crippen LogP contribution in [0.3, 0.4) is 0 Å². The minimum absolute atomic E-state index is 0. The van der Waals surface area contributed by atoms with Gasteiger partial charge in [0.1, 0.15) is 0 Å². The van der Waals surface area contributed by atoms with Crippen LogP contribution in [0.4, 0.5) is 0 Å². The molecule has 0 aromatic heterocycles. The van der Waals surface area contributed by atoms with Gasteiger partial charge in [-0.3, -0.25) is 0 Å². The minimum Gasteiger partial charge on any atom is -0.313 e. The molecule has 0 unspecified atom stereocenters. The molecule has 0 radical (unpaired) electrons. The van der Waals surface area contributed by atoms with Crippen LogP contribution in [0.1, 0.15) is 6.42 Å². The molecule has 1 aromatic rings. The van der Waals surface area contributed by atoms with Gasteiger partial charge in [0, 0.05) is 17.6 Å². The Morgan fingerprint density at radius 1 is 1.37 bits per heavy atom. The molecule has 0 atom stereocenters. The third kappa shape index (κ3) is 4.89. The van der Waals surface area contributed by atoms with Crippen molar-refractivity contribution in [1.29, 1.82) is 0 Å². The average molecular weight is 368 g/mol. The highest BCUT2D eigenvalue weighted by molar-refractivity contribution is 9.10. The van der Waals surface area contributed by atoms with Gasteiger partial charge in [-0.15, -0.1) is 12.4 Å². The summed E-state index contributed by atoms with van der Waals surface area (Å²) in [6, 6.07) is 6.69. The summed E-state index contributed by atoms with van der Waals surface area (Å²) < 4.78 is 27.5. The third-order valence-corrected chi connectivity index (χ3v) is 4.65. The fourth-order valence-electron chi connectivity index (χ4n) is 1.74. The highest BCUT2D eigenvalue weighted by atomic mass is 79.9. The number of halogens is 2. The molecule has 0 saturated heterocycles. The lowest BCUT2D eigenvalue weighted by Gasteiger charge is -2.14. The molecule has 1 aliphatic rings. The zero-order valence-corrected chi connectivity index (χ0v) is 13.4. The summed E-state index contributed by atoms with van der Waals surface area (Å²) in [4.78, 5) is 0.284. The molecule has 4 nitrogen and oxygen atoms in total. The zero-order valence-electron chi connectivity index (χ0n) is 10.2. The second-order valence-electron chi connectivity index (χ2n) is 4.10. The van der Waals surface area contributed by atoms with Crippen molar-refractivity contribution >= 4 is 38.4 Å². The predicted molar refractivity (Wildman–Crippen MR) is 82.1 cm³/mol. The van der Waals surface area contributed by atoms with Crippen molar-refractivity contribution in [3.63, 3.8) is 0 Å². The third-order valence-electron chi connectivity index (χ3n) is 2.75. The molecule has 1 aromatic carbocycles. The molecule has 7 heteroatoms. The Balaban J connectivity index is 0.00000180. The first-order chi connectivity index (χ1) is 8.58.